The lowest BCUT2D eigenvalue weighted by molar-refractivity contribution is -0.166. The van der Waals surface area contributed by atoms with Gasteiger partial charge in [-0.15, -0.1) is 10.2 Å². The summed E-state index contributed by atoms with van der Waals surface area (Å²) in [5, 5.41) is 7.24. The van der Waals surface area contributed by atoms with Crippen LogP contribution in [0.1, 0.15) is 5.56 Å². The van der Waals surface area contributed by atoms with Crippen molar-refractivity contribution in [1.29, 1.82) is 0 Å². The lowest BCUT2D eigenvalue weighted by Crippen LogP contribution is -2.30. The summed E-state index contributed by atoms with van der Waals surface area (Å²) in [7, 11) is 0. The Labute approximate surface area is 107 Å². The molecule has 7 heteroatoms. The summed E-state index contributed by atoms with van der Waals surface area (Å²) in [5.74, 6) is 0. The number of fused-ring (bicyclic) bond motifs is 1. The number of rotatable bonds is 1. The number of benzene rings is 1. The second-order valence-electron chi connectivity index (χ2n) is 3.77. The van der Waals surface area contributed by atoms with E-state index < -0.39 is 11.8 Å². The molecule has 1 aromatic carbocycles. The zero-order valence-corrected chi connectivity index (χ0v) is 10.4. The second-order valence-corrected chi connectivity index (χ2v) is 4.93. The number of hydrogen-bond acceptors (Lipinski definition) is 2. The van der Waals surface area contributed by atoms with E-state index in [0.29, 0.717) is 5.52 Å². The van der Waals surface area contributed by atoms with Crippen LogP contribution >= 0.6 is 22.6 Å². The van der Waals surface area contributed by atoms with Crippen molar-refractivity contribution in [3.8, 4) is 0 Å². The molecule has 2 heterocycles. The van der Waals surface area contributed by atoms with Crippen LogP contribution in [0.2, 0.25) is 0 Å². The van der Waals surface area contributed by atoms with Gasteiger partial charge in [0.05, 0.1) is 0 Å². The maximum atomic E-state index is 12.8. The van der Waals surface area contributed by atoms with Gasteiger partial charge in [-0.3, -0.25) is 0 Å². The molecule has 1 aromatic heterocycles. The molecule has 3 nitrogen and oxygen atoms in total. The van der Waals surface area contributed by atoms with Crippen LogP contribution in [0, 0.1) is 3.57 Å². The van der Waals surface area contributed by atoms with E-state index in [-0.39, 0.29) is 5.56 Å². The Balaban J connectivity index is 2.14. The van der Waals surface area contributed by atoms with E-state index in [4.69, 9.17) is 0 Å². The van der Waals surface area contributed by atoms with Crippen LogP contribution in [0.3, 0.4) is 0 Å². The van der Waals surface area contributed by atoms with Crippen molar-refractivity contribution in [1.82, 2.24) is 4.98 Å². The van der Waals surface area contributed by atoms with Crippen LogP contribution < -0.4 is 0 Å². The molecule has 0 radical (unpaired) electrons. The first-order valence-corrected chi connectivity index (χ1v) is 5.80. The molecule has 0 unspecified atom stereocenters. The third kappa shape index (κ3) is 1.48. The van der Waals surface area contributed by atoms with Crippen molar-refractivity contribution >= 4 is 33.5 Å². The van der Waals surface area contributed by atoms with Gasteiger partial charge in [-0.05, 0) is 28.7 Å². The second kappa shape index (κ2) is 3.21. The number of halogens is 4. The molecular weight excluding hydrogens is 346 g/mol. The highest BCUT2D eigenvalue weighted by Gasteiger charge is 2.65. The smallest absolute Gasteiger partial charge is 0.360 e. The van der Waals surface area contributed by atoms with Crippen molar-refractivity contribution < 1.29 is 13.2 Å². The Morgan fingerprint density at radius 1 is 1.24 bits per heavy atom. The molecule has 0 atom stereocenters. The number of H-pyrrole nitrogens is 1. The van der Waals surface area contributed by atoms with E-state index in [1.807, 2.05) is 0 Å². The van der Waals surface area contributed by atoms with Gasteiger partial charge >= 0.3 is 11.8 Å². The largest absolute Gasteiger partial charge is 0.442 e. The summed E-state index contributed by atoms with van der Waals surface area (Å²) in [6, 6.07) is 4.52. The molecule has 1 N–H and O–H groups in total. The van der Waals surface area contributed by atoms with Crippen LogP contribution in [0.4, 0.5) is 13.2 Å². The summed E-state index contributed by atoms with van der Waals surface area (Å²) < 4.78 is 39.3. The number of aromatic amines is 1. The number of alkyl halides is 3. The van der Waals surface area contributed by atoms with Gasteiger partial charge in [0.15, 0.2) is 0 Å². The average molecular weight is 351 g/mol. The highest BCUT2D eigenvalue weighted by Crippen LogP contribution is 2.52. The summed E-state index contributed by atoms with van der Waals surface area (Å²) >= 11 is 2.12. The molecule has 0 fully saturated rings. The maximum absolute atomic E-state index is 12.8. The fourth-order valence-electron chi connectivity index (χ4n) is 1.75. The highest BCUT2D eigenvalue weighted by atomic mass is 127. The van der Waals surface area contributed by atoms with Crippen molar-refractivity contribution in [2.45, 2.75) is 11.8 Å². The molecule has 3 rings (SSSR count). The molecule has 88 valence electrons. The predicted octanol–water partition coefficient (Wildman–Crippen LogP) is 3.95. The first kappa shape index (κ1) is 11.0. The quantitative estimate of drug-likeness (QED) is 0.756. The molecule has 1 aliphatic heterocycles. The SMILES string of the molecule is FC(F)(F)C1(c2ccc3c(I)c[nH]c3c2)N=N1. The molecule has 0 aliphatic carbocycles. The fraction of sp³-hybridized carbons (Fsp3) is 0.200. The van der Waals surface area contributed by atoms with E-state index in [1.54, 1.807) is 12.3 Å². The normalized spacial score (nSPS) is 17.6. The minimum absolute atomic E-state index is 0.0516. The summed E-state index contributed by atoms with van der Waals surface area (Å²) in [6.07, 6.45) is -2.73. The minimum Gasteiger partial charge on any atom is -0.360 e. The van der Waals surface area contributed by atoms with Crippen LogP contribution in [-0.4, -0.2) is 11.2 Å². The maximum Gasteiger partial charge on any atom is 0.442 e. The average Bonchev–Trinajstić information content (AvgIpc) is 3.00. The third-order valence-electron chi connectivity index (χ3n) is 2.73. The zero-order valence-electron chi connectivity index (χ0n) is 8.22. The summed E-state index contributed by atoms with van der Waals surface area (Å²) in [6.45, 7) is 0. The predicted molar refractivity (Wildman–Crippen MR) is 63.6 cm³/mol. The summed E-state index contributed by atoms with van der Waals surface area (Å²) in [4.78, 5) is 2.92. The topological polar surface area (TPSA) is 40.5 Å². The van der Waals surface area contributed by atoms with E-state index in [2.05, 4.69) is 37.8 Å². The molecule has 2 aromatic rings. The van der Waals surface area contributed by atoms with Gasteiger partial charge in [0.1, 0.15) is 0 Å². The van der Waals surface area contributed by atoms with Gasteiger partial charge in [-0.1, -0.05) is 12.1 Å². The van der Waals surface area contributed by atoms with E-state index in [9.17, 15) is 13.2 Å². The van der Waals surface area contributed by atoms with E-state index in [0.717, 1.165) is 8.96 Å². The molecule has 1 aliphatic rings. The zero-order chi connectivity index (χ0) is 12.3. The van der Waals surface area contributed by atoms with Crippen LogP contribution in [0.5, 0.6) is 0 Å². The Morgan fingerprint density at radius 3 is 2.53 bits per heavy atom. The van der Waals surface area contributed by atoms with Gasteiger partial charge in [0.2, 0.25) is 0 Å². The van der Waals surface area contributed by atoms with Crippen LogP contribution in [0.15, 0.2) is 34.6 Å². The molecular formula is C10H5F3IN3. The monoisotopic (exact) mass is 351 g/mol. The molecule has 0 bridgehead atoms. The van der Waals surface area contributed by atoms with Crippen LogP contribution in [-0.2, 0) is 5.66 Å². The van der Waals surface area contributed by atoms with E-state index >= 15 is 0 Å². The first-order valence-electron chi connectivity index (χ1n) is 4.72. The van der Waals surface area contributed by atoms with Crippen molar-refractivity contribution in [3.63, 3.8) is 0 Å². The van der Waals surface area contributed by atoms with Gasteiger partial charge in [0, 0.05) is 26.2 Å². The van der Waals surface area contributed by atoms with E-state index in [1.165, 1.54) is 12.1 Å². The Hall–Kier alpha value is -1.12. The fourth-order valence-corrected chi connectivity index (χ4v) is 2.38. The van der Waals surface area contributed by atoms with Gasteiger partial charge in [-0.25, -0.2) is 0 Å². The van der Waals surface area contributed by atoms with Gasteiger partial charge in [-0.2, -0.15) is 13.2 Å². The van der Waals surface area contributed by atoms with Gasteiger partial charge in [0.25, 0.3) is 0 Å². The van der Waals surface area contributed by atoms with Crippen molar-refractivity contribution in [2.75, 3.05) is 0 Å². The lowest BCUT2D eigenvalue weighted by Gasteiger charge is -2.14. The van der Waals surface area contributed by atoms with Gasteiger partial charge < -0.3 is 4.98 Å². The Bertz CT molecular complexity index is 623. The highest BCUT2D eigenvalue weighted by molar-refractivity contribution is 14.1. The summed E-state index contributed by atoms with van der Waals surface area (Å²) in [5.41, 5.74) is -1.62. The number of nitrogens with zero attached hydrogens (tertiary/aromatic N) is 2. The molecule has 17 heavy (non-hydrogen) atoms. The standard InChI is InChI=1S/C10H5F3IN3/c11-10(12,13)9(16-17-9)5-1-2-6-7(14)4-15-8(6)3-5/h1-4,15H. The number of nitrogens with one attached hydrogen (secondary N) is 1. The van der Waals surface area contributed by atoms with Crippen molar-refractivity contribution in [3.05, 3.63) is 33.5 Å². The molecule has 0 amide bonds. The molecule has 0 saturated carbocycles. The Morgan fingerprint density at radius 2 is 1.94 bits per heavy atom. The lowest BCUT2D eigenvalue weighted by atomic mass is 10.0. The molecule has 0 spiro atoms. The minimum atomic E-state index is -4.47. The molecule has 0 saturated heterocycles. The first-order chi connectivity index (χ1) is 7.94. The third-order valence-corrected chi connectivity index (χ3v) is 3.62. The van der Waals surface area contributed by atoms with Crippen molar-refractivity contribution in [2.24, 2.45) is 10.2 Å². The van der Waals surface area contributed by atoms with Crippen LogP contribution in [0.25, 0.3) is 10.9 Å². The Kier molecular flexibility index (Phi) is 2.08. The number of aromatic nitrogens is 1. The number of hydrogen-bond donors (Lipinski definition) is 1.